The molecule has 0 bridgehead atoms. The number of hydrogen-bond acceptors (Lipinski definition) is 6. The average Bonchev–Trinajstić information content (AvgIpc) is 3.15. The molecule has 0 spiro atoms. The van der Waals surface area contributed by atoms with Crippen molar-refractivity contribution in [3.05, 3.63) is 107 Å². The number of ether oxygens (including phenoxy) is 1. The fourth-order valence-corrected chi connectivity index (χ4v) is 3.67. The molecule has 4 amide bonds. The van der Waals surface area contributed by atoms with Gasteiger partial charge in [0.25, 0.3) is 23.6 Å². The average molecular weight is 471 g/mol. The smallest absolute Gasteiger partial charge is 0.330 e. The molecule has 1 aliphatic rings. The summed E-state index contributed by atoms with van der Waals surface area (Å²) in [4.78, 5) is 64.0. The monoisotopic (exact) mass is 471 g/mol. The molecule has 3 aromatic rings. The third-order valence-electron chi connectivity index (χ3n) is 5.38. The maximum atomic E-state index is 13.0. The Morgan fingerprint density at radius 1 is 0.743 bits per heavy atom. The van der Waals surface area contributed by atoms with Crippen molar-refractivity contribution in [2.75, 3.05) is 6.61 Å². The summed E-state index contributed by atoms with van der Waals surface area (Å²) in [6, 6.07) is 22.1. The van der Waals surface area contributed by atoms with Gasteiger partial charge in [-0.15, -0.1) is 0 Å². The predicted octanol–water partition coefficient (Wildman–Crippen LogP) is 1.90. The lowest BCUT2D eigenvalue weighted by atomic mass is 10.0. The van der Waals surface area contributed by atoms with Crippen molar-refractivity contribution >= 4 is 29.6 Å². The number of carbonyl (C=O) groups is 5. The number of amides is 4. The first-order valence-corrected chi connectivity index (χ1v) is 10.8. The van der Waals surface area contributed by atoms with Crippen LogP contribution < -0.4 is 10.9 Å². The molecule has 0 aromatic heterocycles. The Bertz CT molecular complexity index is 1240. The van der Waals surface area contributed by atoms with Crippen molar-refractivity contribution in [3.63, 3.8) is 0 Å². The van der Waals surface area contributed by atoms with Crippen LogP contribution in [0, 0.1) is 0 Å². The molecule has 0 aliphatic carbocycles. The molecule has 1 aliphatic heterocycles. The minimum absolute atomic E-state index is 0.0114. The summed E-state index contributed by atoms with van der Waals surface area (Å²) in [6.07, 6.45) is 0.0114. The van der Waals surface area contributed by atoms with Crippen LogP contribution in [0.3, 0.4) is 0 Å². The van der Waals surface area contributed by atoms with Crippen molar-refractivity contribution in [2.45, 2.75) is 12.5 Å². The van der Waals surface area contributed by atoms with Crippen LogP contribution in [0.5, 0.6) is 0 Å². The Morgan fingerprint density at radius 2 is 1.29 bits per heavy atom. The number of nitrogens with zero attached hydrogens (tertiary/aromatic N) is 1. The Labute approximate surface area is 200 Å². The third kappa shape index (κ3) is 5.25. The number of fused-ring (bicyclic) bond motifs is 1. The van der Waals surface area contributed by atoms with Gasteiger partial charge in [-0.1, -0.05) is 60.7 Å². The van der Waals surface area contributed by atoms with Gasteiger partial charge in [0.05, 0.1) is 11.1 Å². The quantitative estimate of drug-likeness (QED) is 0.308. The molecule has 0 unspecified atom stereocenters. The number of carbonyl (C=O) groups excluding carboxylic acids is 5. The van der Waals surface area contributed by atoms with E-state index in [1.54, 1.807) is 72.8 Å². The van der Waals surface area contributed by atoms with Crippen LogP contribution in [-0.4, -0.2) is 47.1 Å². The summed E-state index contributed by atoms with van der Waals surface area (Å²) in [5, 5.41) is 0. The van der Waals surface area contributed by atoms with E-state index in [2.05, 4.69) is 10.9 Å². The third-order valence-corrected chi connectivity index (χ3v) is 5.38. The fourth-order valence-electron chi connectivity index (χ4n) is 3.67. The van der Waals surface area contributed by atoms with Crippen molar-refractivity contribution in [1.29, 1.82) is 0 Å². The normalized spacial score (nSPS) is 13.1. The summed E-state index contributed by atoms with van der Waals surface area (Å²) in [7, 11) is 0. The first kappa shape index (κ1) is 23.4. The number of benzene rings is 3. The summed E-state index contributed by atoms with van der Waals surface area (Å²) in [6.45, 7) is -0.720. The zero-order valence-electron chi connectivity index (χ0n) is 18.5. The predicted molar refractivity (Wildman–Crippen MR) is 124 cm³/mol. The largest absolute Gasteiger partial charge is 0.454 e. The molecule has 0 saturated carbocycles. The van der Waals surface area contributed by atoms with Gasteiger partial charge in [-0.3, -0.25) is 34.9 Å². The highest BCUT2D eigenvalue weighted by atomic mass is 16.5. The molecule has 0 saturated heterocycles. The Hall–Kier alpha value is -4.79. The zero-order chi connectivity index (χ0) is 24.8. The van der Waals surface area contributed by atoms with Crippen molar-refractivity contribution in [2.24, 2.45) is 0 Å². The van der Waals surface area contributed by atoms with Crippen LogP contribution in [0.15, 0.2) is 84.9 Å². The SMILES string of the molecule is O=C(COC(=O)[C@H](Cc1ccccc1)N1C(=O)c2ccccc2C1=O)NNC(=O)c1ccccc1. The van der Waals surface area contributed by atoms with Gasteiger partial charge in [0, 0.05) is 12.0 Å². The molecular formula is C26H21N3O6. The van der Waals surface area contributed by atoms with E-state index < -0.39 is 42.2 Å². The van der Waals surface area contributed by atoms with Crippen LogP contribution >= 0.6 is 0 Å². The van der Waals surface area contributed by atoms with E-state index in [1.165, 1.54) is 12.1 Å². The lowest BCUT2D eigenvalue weighted by Gasteiger charge is -2.24. The van der Waals surface area contributed by atoms with E-state index in [1.807, 2.05) is 0 Å². The topological polar surface area (TPSA) is 122 Å². The molecule has 1 heterocycles. The minimum atomic E-state index is -1.28. The van der Waals surface area contributed by atoms with Gasteiger partial charge < -0.3 is 4.74 Å². The Morgan fingerprint density at radius 3 is 1.89 bits per heavy atom. The van der Waals surface area contributed by atoms with E-state index in [4.69, 9.17) is 4.74 Å². The summed E-state index contributed by atoms with van der Waals surface area (Å²) >= 11 is 0. The summed E-state index contributed by atoms with van der Waals surface area (Å²) in [5.74, 6) is -3.47. The molecular weight excluding hydrogens is 450 g/mol. The second-order valence-electron chi connectivity index (χ2n) is 7.71. The fraction of sp³-hybridized carbons (Fsp3) is 0.115. The first-order valence-electron chi connectivity index (χ1n) is 10.8. The molecule has 0 fully saturated rings. The molecule has 2 N–H and O–H groups in total. The summed E-state index contributed by atoms with van der Waals surface area (Å²) < 4.78 is 5.14. The molecule has 9 heteroatoms. The first-order chi connectivity index (χ1) is 17.0. The second-order valence-corrected chi connectivity index (χ2v) is 7.71. The number of hydrazine groups is 1. The van der Waals surface area contributed by atoms with E-state index in [-0.39, 0.29) is 17.5 Å². The maximum absolute atomic E-state index is 13.0. The van der Waals surface area contributed by atoms with Crippen LogP contribution in [0.25, 0.3) is 0 Å². The molecule has 4 rings (SSSR count). The van der Waals surface area contributed by atoms with Crippen LogP contribution in [0.4, 0.5) is 0 Å². The van der Waals surface area contributed by atoms with Gasteiger partial charge >= 0.3 is 5.97 Å². The van der Waals surface area contributed by atoms with E-state index in [0.717, 1.165) is 4.90 Å². The summed E-state index contributed by atoms with van der Waals surface area (Å²) in [5.41, 5.74) is 5.82. The van der Waals surface area contributed by atoms with Crippen LogP contribution in [0.1, 0.15) is 36.6 Å². The number of nitrogens with one attached hydrogen (secondary N) is 2. The van der Waals surface area contributed by atoms with E-state index in [9.17, 15) is 24.0 Å². The highest BCUT2D eigenvalue weighted by Gasteiger charge is 2.43. The molecule has 35 heavy (non-hydrogen) atoms. The number of hydrogen-bond donors (Lipinski definition) is 2. The van der Waals surface area contributed by atoms with E-state index >= 15 is 0 Å². The van der Waals surface area contributed by atoms with Crippen molar-refractivity contribution in [3.8, 4) is 0 Å². The van der Waals surface area contributed by atoms with Crippen molar-refractivity contribution < 1.29 is 28.7 Å². The molecule has 0 radical (unpaired) electrons. The highest BCUT2D eigenvalue weighted by Crippen LogP contribution is 2.26. The maximum Gasteiger partial charge on any atom is 0.330 e. The van der Waals surface area contributed by atoms with Gasteiger partial charge in [-0.05, 0) is 29.8 Å². The molecule has 3 aromatic carbocycles. The second kappa shape index (κ2) is 10.4. The molecule has 1 atom stereocenters. The molecule has 176 valence electrons. The van der Waals surface area contributed by atoms with E-state index in [0.29, 0.717) is 11.1 Å². The Balaban J connectivity index is 1.43. The minimum Gasteiger partial charge on any atom is -0.454 e. The van der Waals surface area contributed by atoms with Crippen molar-refractivity contribution in [1.82, 2.24) is 15.8 Å². The van der Waals surface area contributed by atoms with Gasteiger partial charge in [0.1, 0.15) is 6.04 Å². The zero-order valence-corrected chi connectivity index (χ0v) is 18.5. The van der Waals surface area contributed by atoms with Gasteiger partial charge in [0.15, 0.2) is 6.61 Å². The van der Waals surface area contributed by atoms with Crippen LogP contribution in [-0.2, 0) is 20.7 Å². The number of esters is 1. The number of imide groups is 1. The lowest BCUT2D eigenvalue weighted by molar-refractivity contribution is -0.152. The lowest BCUT2D eigenvalue weighted by Crippen LogP contribution is -2.48. The van der Waals surface area contributed by atoms with Gasteiger partial charge in [0.2, 0.25) is 0 Å². The van der Waals surface area contributed by atoms with Gasteiger partial charge in [-0.2, -0.15) is 0 Å². The number of rotatable bonds is 7. The standard InChI is InChI=1S/C26H21N3O6/c30-22(27-28-23(31)18-11-5-2-6-12-18)16-35-26(34)21(15-17-9-3-1-4-10-17)29-24(32)19-13-7-8-14-20(19)25(29)33/h1-14,21H,15-16H2,(H,27,30)(H,28,31)/t21-/m0/s1. The van der Waals surface area contributed by atoms with Crippen LogP contribution in [0.2, 0.25) is 0 Å². The Kier molecular flexibility index (Phi) is 6.96. The molecule has 9 nitrogen and oxygen atoms in total. The highest BCUT2D eigenvalue weighted by molar-refractivity contribution is 6.22. The van der Waals surface area contributed by atoms with Gasteiger partial charge in [-0.25, -0.2) is 4.79 Å².